The SMILES string of the molecule is CC(C)(C)c1ccc2c(c1)C(O)CC2C(=O)O. The molecule has 3 nitrogen and oxygen atoms in total. The second-order valence-corrected chi connectivity index (χ2v) is 5.74. The van der Waals surface area contributed by atoms with Gasteiger partial charge in [-0.25, -0.2) is 0 Å². The molecule has 1 aromatic carbocycles. The van der Waals surface area contributed by atoms with E-state index in [0.29, 0.717) is 0 Å². The van der Waals surface area contributed by atoms with E-state index in [2.05, 4.69) is 20.8 Å². The van der Waals surface area contributed by atoms with Gasteiger partial charge in [-0.3, -0.25) is 4.79 Å². The molecule has 3 heteroatoms. The molecule has 2 rings (SSSR count). The summed E-state index contributed by atoms with van der Waals surface area (Å²) in [6, 6.07) is 5.76. The molecule has 0 bridgehead atoms. The first-order valence-corrected chi connectivity index (χ1v) is 5.86. The van der Waals surface area contributed by atoms with Crippen molar-refractivity contribution in [3.63, 3.8) is 0 Å². The van der Waals surface area contributed by atoms with Crippen LogP contribution in [0.15, 0.2) is 18.2 Å². The van der Waals surface area contributed by atoms with E-state index in [-0.39, 0.29) is 11.8 Å². The number of fused-ring (bicyclic) bond motifs is 1. The van der Waals surface area contributed by atoms with E-state index in [9.17, 15) is 9.90 Å². The number of hydrogen-bond donors (Lipinski definition) is 2. The van der Waals surface area contributed by atoms with Gasteiger partial charge >= 0.3 is 5.97 Å². The highest BCUT2D eigenvalue weighted by atomic mass is 16.4. The van der Waals surface area contributed by atoms with E-state index in [1.807, 2.05) is 18.2 Å². The molecule has 0 spiro atoms. The minimum atomic E-state index is -0.855. The van der Waals surface area contributed by atoms with E-state index in [4.69, 9.17) is 5.11 Å². The molecule has 0 amide bonds. The summed E-state index contributed by atoms with van der Waals surface area (Å²) in [6.07, 6.45) is -0.355. The van der Waals surface area contributed by atoms with Gasteiger partial charge in [-0.1, -0.05) is 39.0 Å². The topological polar surface area (TPSA) is 57.5 Å². The molecule has 0 radical (unpaired) electrons. The number of carboxylic acid groups (broad SMARTS) is 1. The fraction of sp³-hybridized carbons (Fsp3) is 0.500. The Morgan fingerprint density at radius 3 is 2.47 bits per heavy atom. The van der Waals surface area contributed by atoms with Gasteiger partial charge in [-0.2, -0.15) is 0 Å². The zero-order valence-electron chi connectivity index (χ0n) is 10.4. The van der Waals surface area contributed by atoms with Gasteiger partial charge in [0.05, 0.1) is 12.0 Å². The van der Waals surface area contributed by atoms with Crippen molar-refractivity contribution in [2.45, 2.75) is 44.6 Å². The maximum Gasteiger partial charge on any atom is 0.311 e. The quantitative estimate of drug-likeness (QED) is 0.785. The largest absolute Gasteiger partial charge is 0.481 e. The van der Waals surface area contributed by atoms with Crippen LogP contribution in [-0.2, 0) is 10.2 Å². The summed E-state index contributed by atoms with van der Waals surface area (Å²) in [5, 5.41) is 19.0. The summed E-state index contributed by atoms with van der Waals surface area (Å²) < 4.78 is 0. The van der Waals surface area contributed by atoms with Gasteiger partial charge in [0.2, 0.25) is 0 Å². The minimum Gasteiger partial charge on any atom is -0.481 e. The van der Waals surface area contributed by atoms with Crippen LogP contribution in [0.3, 0.4) is 0 Å². The van der Waals surface area contributed by atoms with Crippen LogP contribution in [0.4, 0.5) is 0 Å². The van der Waals surface area contributed by atoms with Crippen molar-refractivity contribution in [2.75, 3.05) is 0 Å². The van der Waals surface area contributed by atoms with Crippen molar-refractivity contribution in [3.05, 3.63) is 34.9 Å². The summed E-state index contributed by atoms with van der Waals surface area (Å²) in [7, 11) is 0. The van der Waals surface area contributed by atoms with Crippen LogP contribution in [0.1, 0.15) is 55.9 Å². The highest BCUT2D eigenvalue weighted by molar-refractivity contribution is 5.78. The molecule has 0 heterocycles. The van der Waals surface area contributed by atoms with Crippen molar-refractivity contribution >= 4 is 5.97 Å². The van der Waals surface area contributed by atoms with Crippen LogP contribution in [-0.4, -0.2) is 16.2 Å². The minimum absolute atomic E-state index is 0.00998. The Hall–Kier alpha value is -1.35. The van der Waals surface area contributed by atoms with Crippen LogP contribution in [0.5, 0.6) is 0 Å². The van der Waals surface area contributed by atoms with E-state index in [0.717, 1.165) is 16.7 Å². The number of aliphatic hydroxyl groups excluding tert-OH is 1. The molecule has 2 unspecified atom stereocenters. The Kier molecular flexibility index (Phi) is 2.74. The Labute approximate surface area is 101 Å². The third-order valence-electron chi connectivity index (χ3n) is 3.44. The van der Waals surface area contributed by atoms with Crippen molar-refractivity contribution in [1.29, 1.82) is 0 Å². The lowest BCUT2D eigenvalue weighted by Gasteiger charge is -2.20. The number of aliphatic hydroxyl groups is 1. The second kappa shape index (κ2) is 3.84. The molecular formula is C14H18O3. The maximum atomic E-state index is 11.1. The van der Waals surface area contributed by atoms with E-state index >= 15 is 0 Å². The van der Waals surface area contributed by atoms with Crippen LogP contribution in [0.2, 0.25) is 0 Å². The number of benzene rings is 1. The number of carboxylic acids is 1. The van der Waals surface area contributed by atoms with Gasteiger partial charge in [-0.15, -0.1) is 0 Å². The van der Waals surface area contributed by atoms with E-state index in [1.54, 1.807) is 0 Å². The first kappa shape index (κ1) is 12.1. The van der Waals surface area contributed by atoms with Gasteiger partial charge in [0.15, 0.2) is 0 Å². The van der Waals surface area contributed by atoms with Crippen molar-refractivity contribution in [2.24, 2.45) is 0 Å². The average Bonchev–Trinajstić information content (AvgIpc) is 2.55. The molecule has 1 aliphatic carbocycles. The third kappa shape index (κ3) is 2.07. The molecule has 0 saturated heterocycles. The second-order valence-electron chi connectivity index (χ2n) is 5.74. The summed E-state index contributed by atoms with van der Waals surface area (Å²) in [6.45, 7) is 6.31. The van der Waals surface area contributed by atoms with Gasteiger partial charge in [-0.05, 0) is 28.5 Å². The Morgan fingerprint density at radius 2 is 1.94 bits per heavy atom. The van der Waals surface area contributed by atoms with E-state index < -0.39 is 18.0 Å². The molecular weight excluding hydrogens is 216 g/mol. The summed E-state index contributed by atoms with van der Waals surface area (Å²) in [5.41, 5.74) is 2.68. The molecule has 0 saturated carbocycles. The third-order valence-corrected chi connectivity index (χ3v) is 3.44. The Bertz CT molecular complexity index is 457. The Morgan fingerprint density at radius 1 is 1.29 bits per heavy atom. The van der Waals surface area contributed by atoms with Gasteiger partial charge < -0.3 is 10.2 Å². The van der Waals surface area contributed by atoms with Crippen LogP contribution in [0.25, 0.3) is 0 Å². The standard InChI is InChI=1S/C14H18O3/c1-14(2,3)8-4-5-9-10(6-8)12(15)7-11(9)13(16)17/h4-6,11-12,15H,7H2,1-3H3,(H,16,17). The van der Waals surface area contributed by atoms with Crippen molar-refractivity contribution in [3.8, 4) is 0 Å². The number of carbonyl (C=O) groups is 1. The molecule has 0 aromatic heterocycles. The normalized spacial score (nSPS) is 23.5. The highest BCUT2D eigenvalue weighted by Gasteiger charge is 2.35. The molecule has 1 aromatic rings. The number of aliphatic carboxylic acids is 1. The lowest BCUT2D eigenvalue weighted by atomic mass is 9.85. The zero-order chi connectivity index (χ0) is 12.8. The molecule has 0 fully saturated rings. The molecule has 17 heavy (non-hydrogen) atoms. The summed E-state index contributed by atoms with van der Waals surface area (Å²) in [4.78, 5) is 11.1. The first-order chi connectivity index (χ1) is 7.80. The lowest BCUT2D eigenvalue weighted by Crippen LogP contribution is -2.12. The van der Waals surface area contributed by atoms with Crippen LogP contribution < -0.4 is 0 Å². The Balaban J connectivity index is 2.48. The lowest BCUT2D eigenvalue weighted by molar-refractivity contribution is -0.139. The van der Waals surface area contributed by atoms with Gasteiger partial charge in [0, 0.05) is 0 Å². The smallest absolute Gasteiger partial charge is 0.311 e. The molecule has 2 atom stereocenters. The number of rotatable bonds is 1. The molecule has 2 N–H and O–H groups in total. The van der Waals surface area contributed by atoms with Crippen LogP contribution >= 0.6 is 0 Å². The summed E-state index contributed by atoms with van der Waals surface area (Å²) >= 11 is 0. The predicted octanol–water partition coefficient (Wildman–Crippen LogP) is 2.59. The summed E-state index contributed by atoms with van der Waals surface area (Å²) in [5.74, 6) is -1.42. The van der Waals surface area contributed by atoms with Gasteiger partial charge in [0.25, 0.3) is 0 Å². The maximum absolute atomic E-state index is 11.1. The van der Waals surface area contributed by atoms with Crippen molar-refractivity contribution in [1.82, 2.24) is 0 Å². The van der Waals surface area contributed by atoms with E-state index in [1.165, 1.54) is 0 Å². The average molecular weight is 234 g/mol. The van der Waals surface area contributed by atoms with Gasteiger partial charge in [0.1, 0.15) is 0 Å². The monoisotopic (exact) mass is 234 g/mol. The fourth-order valence-corrected chi connectivity index (χ4v) is 2.36. The van der Waals surface area contributed by atoms with Crippen LogP contribution in [0, 0.1) is 0 Å². The predicted molar refractivity (Wildman–Crippen MR) is 65.1 cm³/mol. The molecule has 1 aliphatic rings. The zero-order valence-corrected chi connectivity index (χ0v) is 10.4. The van der Waals surface area contributed by atoms with Crippen molar-refractivity contribution < 1.29 is 15.0 Å². The molecule has 0 aliphatic heterocycles. The number of hydrogen-bond acceptors (Lipinski definition) is 2. The fourth-order valence-electron chi connectivity index (χ4n) is 2.36. The molecule has 92 valence electrons. The first-order valence-electron chi connectivity index (χ1n) is 5.86. The highest BCUT2D eigenvalue weighted by Crippen LogP contribution is 2.42.